The first-order valence-electron chi connectivity index (χ1n) is 5.66. The molecule has 0 fully saturated rings. The van der Waals surface area contributed by atoms with E-state index in [1.165, 1.54) is 13.2 Å². The standard InChI is InChI=1S/C13H16FN3O/c1-9-10(8-17(2)16-9)7-15-11-4-5-12(14)13(6-11)18-3/h4-6,8,15H,7H2,1-3H3. The maximum atomic E-state index is 13.2. The van der Waals surface area contributed by atoms with Crippen molar-refractivity contribution in [3.05, 3.63) is 41.5 Å². The molecule has 0 aliphatic heterocycles. The van der Waals surface area contributed by atoms with Crippen LogP contribution in [0.15, 0.2) is 24.4 Å². The van der Waals surface area contributed by atoms with Gasteiger partial charge in [0.2, 0.25) is 0 Å². The van der Waals surface area contributed by atoms with Crippen LogP contribution in [0.5, 0.6) is 5.75 Å². The number of nitrogens with one attached hydrogen (secondary N) is 1. The Morgan fingerprint density at radius 1 is 1.44 bits per heavy atom. The van der Waals surface area contributed by atoms with Gasteiger partial charge in [0.25, 0.3) is 0 Å². The summed E-state index contributed by atoms with van der Waals surface area (Å²) in [6.07, 6.45) is 1.96. The second kappa shape index (κ2) is 5.08. The Kier molecular flexibility index (Phi) is 3.50. The van der Waals surface area contributed by atoms with E-state index in [9.17, 15) is 4.39 Å². The van der Waals surface area contributed by atoms with Crippen molar-refractivity contribution in [1.82, 2.24) is 9.78 Å². The molecule has 1 heterocycles. The van der Waals surface area contributed by atoms with E-state index in [0.29, 0.717) is 6.54 Å². The predicted octanol–water partition coefficient (Wildman–Crippen LogP) is 2.49. The Balaban J connectivity index is 2.08. The van der Waals surface area contributed by atoms with Crippen molar-refractivity contribution < 1.29 is 9.13 Å². The Labute approximate surface area is 105 Å². The number of aromatic nitrogens is 2. The van der Waals surface area contributed by atoms with Crippen molar-refractivity contribution in [2.24, 2.45) is 7.05 Å². The van der Waals surface area contributed by atoms with Gasteiger partial charge in [0, 0.05) is 37.1 Å². The number of hydrogen-bond donors (Lipinski definition) is 1. The quantitative estimate of drug-likeness (QED) is 0.904. The summed E-state index contributed by atoms with van der Waals surface area (Å²) < 4.78 is 19.9. The number of aryl methyl sites for hydroxylation is 2. The molecule has 0 unspecified atom stereocenters. The molecule has 0 atom stereocenters. The number of anilines is 1. The molecule has 4 nitrogen and oxygen atoms in total. The van der Waals surface area contributed by atoms with Gasteiger partial charge in [0.1, 0.15) is 0 Å². The highest BCUT2D eigenvalue weighted by molar-refractivity contribution is 5.49. The molecule has 1 aromatic heterocycles. The zero-order chi connectivity index (χ0) is 13.1. The van der Waals surface area contributed by atoms with Crippen molar-refractivity contribution in [3.8, 4) is 5.75 Å². The lowest BCUT2D eigenvalue weighted by Crippen LogP contribution is -2.00. The third-order valence-electron chi connectivity index (χ3n) is 2.75. The molecule has 0 saturated carbocycles. The maximum Gasteiger partial charge on any atom is 0.165 e. The molecule has 0 bridgehead atoms. The van der Waals surface area contributed by atoms with Gasteiger partial charge in [-0.25, -0.2) is 4.39 Å². The van der Waals surface area contributed by atoms with Crippen LogP contribution in [-0.2, 0) is 13.6 Å². The first-order chi connectivity index (χ1) is 8.60. The summed E-state index contributed by atoms with van der Waals surface area (Å²) in [7, 11) is 3.34. The Morgan fingerprint density at radius 2 is 2.22 bits per heavy atom. The van der Waals surface area contributed by atoms with Crippen LogP contribution in [0.3, 0.4) is 0 Å². The smallest absolute Gasteiger partial charge is 0.165 e. The SMILES string of the molecule is COc1cc(NCc2cn(C)nc2C)ccc1F. The van der Waals surface area contributed by atoms with Gasteiger partial charge in [-0.15, -0.1) is 0 Å². The lowest BCUT2D eigenvalue weighted by Gasteiger charge is -2.08. The maximum absolute atomic E-state index is 13.2. The van der Waals surface area contributed by atoms with E-state index >= 15 is 0 Å². The minimum absolute atomic E-state index is 0.239. The van der Waals surface area contributed by atoms with Crippen LogP contribution in [-0.4, -0.2) is 16.9 Å². The average Bonchev–Trinajstić information content (AvgIpc) is 2.67. The molecule has 1 N–H and O–H groups in total. The minimum Gasteiger partial charge on any atom is -0.494 e. The molecule has 0 saturated heterocycles. The molecule has 0 spiro atoms. The van der Waals surface area contributed by atoms with Crippen LogP contribution in [0.2, 0.25) is 0 Å². The van der Waals surface area contributed by atoms with E-state index in [1.54, 1.807) is 16.8 Å². The number of methoxy groups -OCH3 is 1. The monoisotopic (exact) mass is 249 g/mol. The van der Waals surface area contributed by atoms with Crippen LogP contribution in [0.1, 0.15) is 11.3 Å². The number of halogens is 1. The van der Waals surface area contributed by atoms with Gasteiger partial charge in [-0.3, -0.25) is 4.68 Å². The predicted molar refractivity (Wildman–Crippen MR) is 68.2 cm³/mol. The van der Waals surface area contributed by atoms with E-state index in [1.807, 2.05) is 20.2 Å². The summed E-state index contributed by atoms with van der Waals surface area (Å²) in [5.74, 6) is -0.122. The highest BCUT2D eigenvalue weighted by Crippen LogP contribution is 2.22. The zero-order valence-corrected chi connectivity index (χ0v) is 10.7. The van der Waals surface area contributed by atoms with Crippen molar-refractivity contribution in [3.63, 3.8) is 0 Å². The van der Waals surface area contributed by atoms with E-state index in [2.05, 4.69) is 10.4 Å². The van der Waals surface area contributed by atoms with E-state index in [4.69, 9.17) is 4.74 Å². The largest absolute Gasteiger partial charge is 0.494 e. The highest BCUT2D eigenvalue weighted by atomic mass is 19.1. The number of hydrogen-bond acceptors (Lipinski definition) is 3. The molecule has 0 aliphatic carbocycles. The fourth-order valence-electron chi connectivity index (χ4n) is 1.79. The van der Waals surface area contributed by atoms with Gasteiger partial charge in [0.15, 0.2) is 11.6 Å². The number of rotatable bonds is 4. The van der Waals surface area contributed by atoms with Gasteiger partial charge in [-0.05, 0) is 19.1 Å². The third-order valence-corrected chi connectivity index (χ3v) is 2.75. The van der Waals surface area contributed by atoms with Crippen LogP contribution in [0, 0.1) is 12.7 Å². The molecule has 96 valence electrons. The molecular weight excluding hydrogens is 233 g/mol. The summed E-state index contributed by atoms with van der Waals surface area (Å²) in [6, 6.07) is 4.71. The van der Waals surface area contributed by atoms with Crippen molar-refractivity contribution in [2.45, 2.75) is 13.5 Å². The van der Waals surface area contributed by atoms with E-state index in [0.717, 1.165) is 16.9 Å². The first kappa shape index (κ1) is 12.4. The molecule has 0 aliphatic rings. The Morgan fingerprint density at radius 3 is 2.83 bits per heavy atom. The van der Waals surface area contributed by atoms with Crippen molar-refractivity contribution in [1.29, 1.82) is 0 Å². The fraction of sp³-hybridized carbons (Fsp3) is 0.308. The first-order valence-corrected chi connectivity index (χ1v) is 5.66. The van der Waals surface area contributed by atoms with Crippen LogP contribution in [0.25, 0.3) is 0 Å². The van der Waals surface area contributed by atoms with Crippen molar-refractivity contribution in [2.75, 3.05) is 12.4 Å². The topological polar surface area (TPSA) is 39.1 Å². The second-order valence-electron chi connectivity index (χ2n) is 4.12. The molecule has 0 amide bonds. The van der Waals surface area contributed by atoms with Gasteiger partial charge >= 0.3 is 0 Å². The lowest BCUT2D eigenvalue weighted by molar-refractivity contribution is 0.387. The highest BCUT2D eigenvalue weighted by Gasteiger charge is 2.05. The minimum atomic E-state index is -0.361. The third kappa shape index (κ3) is 2.61. The zero-order valence-electron chi connectivity index (χ0n) is 10.7. The number of benzene rings is 1. The van der Waals surface area contributed by atoms with Gasteiger partial charge in [-0.2, -0.15) is 5.10 Å². The summed E-state index contributed by atoms with van der Waals surface area (Å²) in [6.45, 7) is 2.61. The van der Waals surface area contributed by atoms with E-state index < -0.39 is 0 Å². The Hall–Kier alpha value is -2.04. The molecule has 2 rings (SSSR count). The molecule has 5 heteroatoms. The number of ether oxygens (including phenoxy) is 1. The summed E-state index contributed by atoms with van der Waals surface area (Å²) in [5, 5.41) is 7.48. The summed E-state index contributed by atoms with van der Waals surface area (Å²) in [4.78, 5) is 0. The van der Waals surface area contributed by atoms with Crippen LogP contribution in [0.4, 0.5) is 10.1 Å². The van der Waals surface area contributed by atoms with Gasteiger partial charge in [0.05, 0.1) is 12.8 Å². The normalized spacial score (nSPS) is 10.4. The molecule has 0 radical (unpaired) electrons. The molecule has 1 aromatic carbocycles. The van der Waals surface area contributed by atoms with Crippen molar-refractivity contribution >= 4 is 5.69 Å². The van der Waals surface area contributed by atoms with E-state index in [-0.39, 0.29) is 11.6 Å². The average molecular weight is 249 g/mol. The van der Waals surface area contributed by atoms with Gasteiger partial charge < -0.3 is 10.1 Å². The summed E-state index contributed by atoms with van der Waals surface area (Å²) >= 11 is 0. The van der Waals surface area contributed by atoms with Crippen LogP contribution >= 0.6 is 0 Å². The molecule has 18 heavy (non-hydrogen) atoms. The Bertz CT molecular complexity index is 551. The lowest BCUT2D eigenvalue weighted by atomic mass is 10.2. The second-order valence-corrected chi connectivity index (χ2v) is 4.12. The summed E-state index contributed by atoms with van der Waals surface area (Å²) in [5.41, 5.74) is 2.91. The molecule has 2 aromatic rings. The van der Waals surface area contributed by atoms with Crippen LogP contribution < -0.4 is 10.1 Å². The fourth-order valence-corrected chi connectivity index (χ4v) is 1.79. The molecular formula is C13H16FN3O. The van der Waals surface area contributed by atoms with Gasteiger partial charge in [-0.1, -0.05) is 0 Å². The number of nitrogens with zero attached hydrogens (tertiary/aromatic N) is 2.